The van der Waals surface area contributed by atoms with Crippen LogP contribution >= 0.6 is 0 Å². The third kappa shape index (κ3) is 4.77. The molecular weight excluding hydrogens is 328 g/mol. The van der Waals surface area contributed by atoms with Crippen molar-refractivity contribution in [2.45, 2.75) is 40.0 Å². The molecule has 2 amide bonds. The number of ether oxygens (including phenoxy) is 1. The molecule has 2 rings (SSSR count). The normalized spacial score (nSPS) is 20.2. The molecular formula is C21H32N2O3. The van der Waals surface area contributed by atoms with Crippen molar-refractivity contribution >= 4 is 11.8 Å². The molecule has 5 nitrogen and oxygen atoms in total. The highest BCUT2D eigenvalue weighted by atomic mass is 16.5. The first-order chi connectivity index (χ1) is 12.2. The van der Waals surface area contributed by atoms with E-state index in [1.54, 1.807) is 12.0 Å². The lowest BCUT2D eigenvalue weighted by molar-refractivity contribution is -0.135. The molecule has 0 aromatic heterocycles. The van der Waals surface area contributed by atoms with Gasteiger partial charge in [0.15, 0.2) is 0 Å². The van der Waals surface area contributed by atoms with Crippen LogP contribution in [-0.4, -0.2) is 55.4 Å². The zero-order chi connectivity index (χ0) is 19.5. The molecule has 2 atom stereocenters. The van der Waals surface area contributed by atoms with Crippen LogP contribution < -0.4 is 4.74 Å². The highest BCUT2D eigenvalue weighted by Crippen LogP contribution is 2.36. The van der Waals surface area contributed by atoms with Gasteiger partial charge < -0.3 is 14.5 Å². The number of rotatable bonds is 5. The average molecular weight is 360 g/mol. The Morgan fingerprint density at radius 1 is 1.27 bits per heavy atom. The molecule has 0 radical (unpaired) electrons. The van der Waals surface area contributed by atoms with Crippen molar-refractivity contribution in [3.05, 3.63) is 29.8 Å². The van der Waals surface area contributed by atoms with Gasteiger partial charge in [0.1, 0.15) is 5.75 Å². The number of carbonyl (C=O) groups is 2. The zero-order valence-corrected chi connectivity index (χ0v) is 16.9. The second kappa shape index (κ2) is 8.11. The summed E-state index contributed by atoms with van der Waals surface area (Å²) in [5.74, 6) is 0.787. The summed E-state index contributed by atoms with van der Waals surface area (Å²) in [7, 11) is 3.46. The van der Waals surface area contributed by atoms with E-state index in [0.717, 1.165) is 11.3 Å². The fourth-order valence-electron chi connectivity index (χ4n) is 3.47. The van der Waals surface area contributed by atoms with Crippen LogP contribution in [0.5, 0.6) is 5.75 Å². The first-order valence-corrected chi connectivity index (χ1v) is 9.33. The minimum atomic E-state index is -0.212. The van der Waals surface area contributed by atoms with Crippen LogP contribution in [0, 0.1) is 11.3 Å². The second-order valence-electron chi connectivity index (χ2n) is 8.38. The first kappa shape index (κ1) is 20.3. The van der Waals surface area contributed by atoms with Crippen molar-refractivity contribution < 1.29 is 14.3 Å². The minimum Gasteiger partial charge on any atom is -0.497 e. The van der Waals surface area contributed by atoms with E-state index in [1.807, 2.05) is 43.1 Å². The van der Waals surface area contributed by atoms with Gasteiger partial charge in [-0.15, -0.1) is 0 Å². The maximum Gasteiger partial charge on any atom is 0.227 e. The third-order valence-electron chi connectivity index (χ3n) is 5.04. The van der Waals surface area contributed by atoms with E-state index in [4.69, 9.17) is 4.74 Å². The Bertz CT molecular complexity index is 651. The van der Waals surface area contributed by atoms with Crippen LogP contribution in [0.25, 0.3) is 0 Å². The zero-order valence-electron chi connectivity index (χ0n) is 16.9. The van der Waals surface area contributed by atoms with Gasteiger partial charge in [-0.05, 0) is 30.0 Å². The summed E-state index contributed by atoms with van der Waals surface area (Å²) in [6.07, 6.45) is 0.488. The Balaban J connectivity index is 2.29. The topological polar surface area (TPSA) is 49.9 Å². The summed E-state index contributed by atoms with van der Waals surface area (Å²) in [5.41, 5.74) is 0.989. The third-order valence-corrected chi connectivity index (χ3v) is 5.04. The van der Waals surface area contributed by atoms with Crippen LogP contribution in [0.3, 0.4) is 0 Å². The van der Waals surface area contributed by atoms with Crippen LogP contribution in [-0.2, 0) is 9.59 Å². The van der Waals surface area contributed by atoms with Crippen LogP contribution in [0.4, 0.5) is 0 Å². The van der Waals surface area contributed by atoms with Crippen molar-refractivity contribution in [1.29, 1.82) is 0 Å². The molecule has 1 aromatic carbocycles. The molecule has 144 valence electrons. The van der Waals surface area contributed by atoms with E-state index in [9.17, 15) is 9.59 Å². The predicted octanol–water partition coefficient (Wildman–Crippen LogP) is 3.15. The highest BCUT2D eigenvalue weighted by Gasteiger charge is 2.41. The lowest BCUT2D eigenvalue weighted by Crippen LogP contribution is -2.37. The van der Waals surface area contributed by atoms with Gasteiger partial charge in [0.25, 0.3) is 0 Å². The number of hydrogen-bond donors (Lipinski definition) is 0. The van der Waals surface area contributed by atoms with Gasteiger partial charge >= 0.3 is 0 Å². The number of carbonyl (C=O) groups excluding carboxylic acids is 2. The van der Waals surface area contributed by atoms with E-state index < -0.39 is 0 Å². The molecule has 1 saturated heterocycles. The summed E-state index contributed by atoms with van der Waals surface area (Å²) in [4.78, 5) is 29.3. The van der Waals surface area contributed by atoms with Gasteiger partial charge in [0.05, 0.1) is 13.0 Å². The molecule has 1 heterocycles. The SMILES string of the molecule is CCN(C)C(=O)C1CN(C(=O)CC(C)(C)C)CC1c1cccc(OC)c1. The Hall–Kier alpha value is -2.04. The maximum atomic E-state index is 12.9. The molecule has 0 N–H and O–H groups in total. The fourth-order valence-corrected chi connectivity index (χ4v) is 3.47. The van der Waals surface area contributed by atoms with Gasteiger partial charge in [-0.3, -0.25) is 9.59 Å². The standard InChI is InChI=1S/C21H32N2O3/c1-7-22(5)20(25)18-14-23(19(24)12-21(2,3)4)13-17(18)15-9-8-10-16(11-15)26-6/h8-11,17-18H,7,12-14H2,1-6H3. The van der Waals surface area contributed by atoms with Gasteiger partial charge in [-0.2, -0.15) is 0 Å². The fraction of sp³-hybridized carbons (Fsp3) is 0.619. The molecule has 1 aliphatic rings. The lowest BCUT2D eigenvalue weighted by atomic mass is 9.88. The number of benzene rings is 1. The van der Waals surface area contributed by atoms with Crippen molar-refractivity contribution in [2.24, 2.45) is 11.3 Å². The molecule has 0 spiro atoms. The van der Waals surface area contributed by atoms with Crippen LogP contribution in [0.2, 0.25) is 0 Å². The smallest absolute Gasteiger partial charge is 0.227 e. The van der Waals surface area contributed by atoms with Gasteiger partial charge in [-0.25, -0.2) is 0 Å². The van der Waals surface area contributed by atoms with Crippen LogP contribution in [0.1, 0.15) is 45.6 Å². The summed E-state index contributed by atoms with van der Waals surface area (Å²) < 4.78 is 5.34. The summed E-state index contributed by atoms with van der Waals surface area (Å²) in [6.45, 7) is 9.89. The van der Waals surface area contributed by atoms with Crippen molar-refractivity contribution in [3.8, 4) is 5.75 Å². The minimum absolute atomic E-state index is 0.00415. The molecule has 0 bridgehead atoms. The molecule has 0 saturated carbocycles. The summed E-state index contributed by atoms with van der Waals surface area (Å²) in [5, 5.41) is 0. The van der Waals surface area contributed by atoms with E-state index in [0.29, 0.717) is 26.1 Å². The number of nitrogens with zero attached hydrogens (tertiary/aromatic N) is 2. The Labute approximate surface area is 157 Å². The van der Waals surface area contributed by atoms with E-state index in [-0.39, 0.29) is 29.1 Å². The van der Waals surface area contributed by atoms with Crippen molar-refractivity contribution in [1.82, 2.24) is 9.80 Å². The first-order valence-electron chi connectivity index (χ1n) is 9.33. The molecule has 0 aliphatic carbocycles. The maximum absolute atomic E-state index is 12.9. The number of likely N-dealkylation sites (tertiary alicyclic amines) is 1. The quantitative estimate of drug-likeness (QED) is 0.810. The molecule has 1 aromatic rings. The molecule has 5 heteroatoms. The summed E-state index contributed by atoms with van der Waals surface area (Å²) in [6, 6.07) is 7.85. The van der Waals surface area contributed by atoms with E-state index in [1.165, 1.54) is 0 Å². The van der Waals surface area contributed by atoms with Crippen LogP contribution in [0.15, 0.2) is 24.3 Å². The molecule has 2 unspecified atom stereocenters. The predicted molar refractivity (Wildman–Crippen MR) is 103 cm³/mol. The summed E-state index contributed by atoms with van der Waals surface area (Å²) >= 11 is 0. The van der Waals surface area contributed by atoms with E-state index >= 15 is 0 Å². The highest BCUT2D eigenvalue weighted by molar-refractivity contribution is 5.83. The van der Waals surface area contributed by atoms with Gasteiger partial charge in [0.2, 0.25) is 11.8 Å². The average Bonchev–Trinajstić information content (AvgIpc) is 3.04. The van der Waals surface area contributed by atoms with Gasteiger partial charge in [0, 0.05) is 39.0 Å². The Kier molecular flexibility index (Phi) is 6.32. The molecule has 1 aliphatic heterocycles. The molecule has 1 fully saturated rings. The Morgan fingerprint density at radius 2 is 1.96 bits per heavy atom. The van der Waals surface area contributed by atoms with Crippen molar-refractivity contribution in [2.75, 3.05) is 33.8 Å². The lowest BCUT2D eigenvalue weighted by Gasteiger charge is -2.24. The second-order valence-corrected chi connectivity index (χ2v) is 8.38. The van der Waals surface area contributed by atoms with Crippen molar-refractivity contribution in [3.63, 3.8) is 0 Å². The largest absolute Gasteiger partial charge is 0.497 e. The molecule has 26 heavy (non-hydrogen) atoms. The van der Waals surface area contributed by atoms with Gasteiger partial charge in [-0.1, -0.05) is 32.9 Å². The Morgan fingerprint density at radius 3 is 2.54 bits per heavy atom. The monoisotopic (exact) mass is 360 g/mol. The number of methoxy groups -OCH3 is 1. The number of amides is 2. The van der Waals surface area contributed by atoms with E-state index in [2.05, 4.69) is 20.8 Å². The number of hydrogen-bond acceptors (Lipinski definition) is 3.